The molecule has 1 aliphatic carbocycles. The van der Waals surface area contributed by atoms with Crippen LogP contribution in [0.2, 0.25) is 10.0 Å². The van der Waals surface area contributed by atoms with E-state index in [4.69, 9.17) is 27.9 Å². The molecule has 1 aromatic heterocycles. The summed E-state index contributed by atoms with van der Waals surface area (Å²) in [5.74, 6) is 1.52. The number of allylic oxidation sites excluding steroid dienone is 2. The molecule has 0 bridgehead atoms. The first-order chi connectivity index (χ1) is 15.3. The first kappa shape index (κ1) is 21.0. The molecule has 8 heteroatoms. The third kappa shape index (κ3) is 3.89. The lowest BCUT2D eigenvalue weighted by atomic mass is 9.73. The van der Waals surface area contributed by atoms with Crippen molar-refractivity contribution < 1.29 is 9.53 Å². The normalized spacial score (nSPS) is 19.2. The van der Waals surface area contributed by atoms with Crippen LogP contribution < -0.4 is 10.1 Å². The van der Waals surface area contributed by atoms with E-state index >= 15 is 0 Å². The predicted octanol–water partition coefficient (Wildman–Crippen LogP) is 5.82. The van der Waals surface area contributed by atoms with Crippen LogP contribution in [0.3, 0.4) is 0 Å². The molecule has 2 aromatic carbocycles. The first-order valence-corrected chi connectivity index (χ1v) is 11.2. The molecular formula is C24H22Cl2N4O2. The van der Waals surface area contributed by atoms with E-state index in [0.29, 0.717) is 29.0 Å². The second kappa shape index (κ2) is 7.94. The highest BCUT2D eigenvalue weighted by atomic mass is 35.5. The molecular weight excluding hydrogens is 447 g/mol. The van der Waals surface area contributed by atoms with Crippen LogP contribution in [-0.4, -0.2) is 20.5 Å². The largest absolute Gasteiger partial charge is 0.489 e. The van der Waals surface area contributed by atoms with Gasteiger partial charge in [0.05, 0.1) is 10.0 Å². The van der Waals surface area contributed by atoms with Crippen LogP contribution in [0.1, 0.15) is 43.9 Å². The fourth-order valence-electron chi connectivity index (χ4n) is 4.40. The Labute approximate surface area is 196 Å². The van der Waals surface area contributed by atoms with E-state index in [2.05, 4.69) is 29.2 Å². The molecule has 32 heavy (non-hydrogen) atoms. The van der Waals surface area contributed by atoms with Crippen molar-refractivity contribution in [2.75, 3.05) is 5.32 Å². The minimum absolute atomic E-state index is 0.0854. The summed E-state index contributed by atoms with van der Waals surface area (Å²) in [6, 6.07) is 12.9. The van der Waals surface area contributed by atoms with Crippen LogP contribution in [0.25, 0.3) is 0 Å². The number of nitrogens with one attached hydrogen (secondary N) is 1. The number of anilines is 1. The van der Waals surface area contributed by atoms with Crippen molar-refractivity contribution >= 4 is 34.9 Å². The number of ether oxygens (including phenoxy) is 1. The number of Topliss-reactive ketones (excluding diaryl/α,β-unsaturated/α-hetero) is 1. The van der Waals surface area contributed by atoms with Crippen molar-refractivity contribution in [2.24, 2.45) is 5.41 Å². The summed E-state index contributed by atoms with van der Waals surface area (Å²) in [6.07, 6.45) is 2.82. The highest BCUT2D eigenvalue weighted by molar-refractivity contribution is 6.42. The SMILES string of the molecule is CC1(C)CC(=O)C2=C(C1)Nc1ncnn1C2c1ccc(OCc2ccc(Cl)c(Cl)c2)cc1. The predicted molar refractivity (Wildman–Crippen MR) is 124 cm³/mol. The Kier molecular flexibility index (Phi) is 5.22. The Balaban J connectivity index is 1.42. The third-order valence-electron chi connectivity index (χ3n) is 5.86. The molecule has 164 valence electrons. The smallest absolute Gasteiger partial charge is 0.226 e. The molecule has 5 rings (SSSR count). The zero-order valence-electron chi connectivity index (χ0n) is 17.7. The number of halogens is 2. The number of hydrogen-bond acceptors (Lipinski definition) is 5. The third-order valence-corrected chi connectivity index (χ3v) is 6.60. The van der Waals surface area contributed by atoms with E-state index in [1.807, 2.05) is 30.3 Å². The number of rotatable bonds is 4. The van der Waals surface area contributed by atoms with Gasteiger partial charge in [-0.3, -0.25) is 4.79 Å². The van der Waals surface area contributed by atoms with Gasteiger partial charge in [0.1, 0.15) is 24.7 Å². The maximum Gasteiger partial charge on any atom is 0.226 e. The molecule has 0 radical (unpaired) electrons. The number of hydrogen-bond donors (Lipinski definition) is 1. The topological polar surface area (TPSA) is 69.0 Å². The van der Waals surface area contributed by atoms with Crippen molar-refractivity contribution in [3.05, 3.63) is 81.2 Å². The van der Waals surface area contributed by atoms with Gasteiger partial charge in [-0.05, 0) is 47.2 Å². The van der Waals surface area contributed by atoms with Gasteiger partial charge >= 0.3 is 0 Å². The molecule has 3 aromatic rings. The molecule has 1 aliphatic heterocycles. The molecule has 1 unspecified atom stereocenters. The number of benzene rings is 2. The fraction of sp³-hybridized carbons (Fsp3) is 0.292. The standard InChI is InChI=1S/C24H22Cl2N4O2/c1-24(2)10-19-21(20(31)11-24)22(30-23(29-19)27-13-28-30)15-4-6-16(7-5-15)32-12-14-3-8-17(25)18(26)9-14/h3-9,13,22H,10-12H2,1-2H3,(H,27,28,29). The first-order valence-electron chi connectivity index (χ1n) is 10.4. The summed E-state index contributed by atoms with van der Waals surface area (Å²) in [4.78, 5) is 17.5. The number of nitrogens with zero attached hydrogens (tertiary/aromatic N) is 3. The van der Waals surface area contributed by atoms with Crippen LogP contribution in [0.4, 0.5) is 5.95 Å². The summed E-state index contributed by atoms with van der Waals surface area (Å²) in [6.45, 7) is 4.61. The summed E-state index contributed by atoms with van der Waals surface area (Å²) < 4.78 is 7.69. The van der Waals surface area contributed by atoms with Crippen molar-refractivity contribution in [1.82, 2.24) is 14.8 Å². The summed E-state index contributed by atoms with van der Waals surface area (Å²) >= 11 is 12.1. The lowest BCUT2D eigenvalue weighted by molar-refractivity contribution is -0.118. The maximum absolute atomic E-state index is 13.1. The van der Waals surface area contributed by atoms with Crippen molar-refractivity contribution in [3.63, 3.8) is 0 Å². The lowest BCUT2D eigenvalue weighted by Crippen LogP contribution is -2.36. The van der Waals surface area contributed by atoms with Gasteiger partial charge in [0.15, 0.2) is 5.78 Å². The number of fused-ring (bicyclic) bond motifs is 1. The fourth-order valence-corrected chi connectivity index (χ4v) is 4.72. The second-order valence-electron chi connectivity index (χ2n) is 9.00. The Hall–Kier alpha value is -2.83. The van der Waals surface area contributed by atoms with Gasteiger partial charge in [-0.1, -0.05) is 55.2 Å². The molecule has 6 nitrogen and oxygen atoms in total. The molecule has 2 heterocycles. The lowest BCUT2D eigenvalue weighted by Gasteiger charge is -2.38. The Morgan fingerprint density at radius 3 is 2.66 bits per heavy atom. The van der Waals surface area contributed by atoms with Crippen molar-refractivity contribution in [1.29, 1.82) is 0 Å². The minimum atomic E-state index is -0.309. The molecule has 0 amide bonds. The van der Waals surface area contributed by atoms with Crippen LogP contribution in [-0.2, 0) is 11.4 Å². The van der Waals surface area contributed by atoms with Gasteiger partial charge in [-0.25, -0.2) is 4.68 Å². The Bertz CT molecular complexity index is 1230. The van der Waals surface area contributed by atoms with Gasteiger partial charge < -0.3 is 10.1 Å². The number of ketones is 1. The molecule has 0 spiro atoms. The molecule has 1 atom stereocenters. The zero-order valence-corrected chi connectivity index (χ0v) is 19.2. The van der Waals surface area contributed by atoms with Crippen molar-refractivity contribution in [2.45, 2.75) is 39.3 Å². The quantitative estimate of drug-likeness (QED) is 0.522. The molecule has 2 aliphatic rings. The van der Waals surface area contributed by atoms with Crippen LogP contribution >= 0.6 is 23.2 Å². The Morgan fingerprint density at radius 1 is 1.12 bits per heavy atom. The van der Waals surface area contributed by atoms with E-state index in [1.165, 1.54) is 6.33 Å². The molecule has 1 N–H and O–H groups in total. The minimum Gasteiger partial charge on any atom is -0.489 e. The van der Waals surface area contributed by atoms with Crippen LogP contribution in [0.15, 0.2) is 60.1 Å². The van der Waals surface area contributed by atoms with Crippen LogP contribution in [0, 0.1) is 5.41 Å². The maximum atomic E-state index is 13.1. The zero-order chi connectivity index (χ0) is 22.5. The number of carbonyl (C=O) groups excluding carboxylic acids is 1. The van der Waals surface area contributed by atoms with E-state index in [-0.39, 0.29) is 17.2 Å². The van der Waals surface area contributed by atoms with Gasteiger partial charge in [-0.2, -0.15) is 10.1 Å². The number of carbonyl (C=O) groups is 1. The van der Waals surface area contributed by atoms with Gasteiger partial charge in [0.2, 0.25) is 5.95 Å². The van der Waals surface area contributed by atoms with E-state index in [9.17, 15) is 4.79 Å². The van der Waals surface area contributed by atoms with Crippen LogP contribution in [0.5, 0.6) is 5.75 Å². The summed E-state index contributed by atoms with van der Waals surface area (Å²) in [5.41, 5.74) is 3.52. The van der Waals surface area contributed by atoms with E-state index in [1.54, 1.807) is 16.8 Å². The number of aromatic nitrogens is 3. The molecule has 0 saturated heterocycles. The van der Waals surface area contributed by atoms with Crippen molar-refractivity contribution in [3.8, 4) is 5.75 Å². The highest BCUT2D eigenvalue weighted by Crippen LogP contribution is 2.45. The highest BCUT2D eigenvalue weighted by Gasteiger charge is 2.41. The summed E-state index contributed by atoms with van der Waals surface area (Å²) in [5, 5.41) is 8.74. The van der Waals surface area contributed by atoms with Gasteiger partial charge in [-0.15, -0.1) is 0 Å². The average molecular weight is 469 g/mol. The van der Waals surface area contributed by atoms with E-state index in [0.717, 1.165) is 34.6 Å². The molecule has 0 fully saturated rings. The molecule has 0 saturated carbocycles. The monoisotopic (exact) mass is 468 g/mol. The van der Waals surface area contributed by atoms with E-state index < -0.39 is 0 Å². The Morgan fingerprint density at radius 2 is 1.91 bits per heavy atom. The summed E-state index contributed by atoms with van der Waals surface area (Å²) in [7, 11) is 0. The van der Waals surface area contributed by atoms with Gasteiger partial charge in [0.25, 0.3) is 0 Å². The second-order valence-corrected chi connectivity index (χ2v) is 9.81. The van der Waals surface area contributed by atoms with Gasteiger partial charge in [0, 0.05) is 17.7 Å². The average Bonchev–Trinajstić information content (AvgIpc) is 3.21.